The summed E-state index contributed by atoms with van der Waals surface area (Å²) in [6, 6.07) is 5.65. The van der Waals surface area contributed by atoms with Gasteiger partial charge in [-0.2, -0.15) is 4.37 Å². The van der Waals surface area contributed by atoms with Gasteiger partial charge >= 0.3 is 0 Å². The smallest absolute Gasteiger partial charge is 0.263 e. The molecule has 2 atom stereocenters. The molecule has 9 heteroatoms. The number of nitrogens with zero attached hydrogens (tertiary/aromatic N) is 3. The summed E-state index contributed by atoms with van der Waals surface area (Å²) in [7, 11) is -3.73. The summed E-state index contributed by atoms with van der Waals surface area (Å²) in [5.74, 6) is 0. The fourth-order valence-corrected chi connectivity index (χ4v) is 5.65. The molecular formula is C17H23ClN4O2S2. The highest BCUT2D eigenvalue weighted by molar-refractivity contribution is 7.93. The van der Waals surface area contributed by atoms with Crippen LogP contribution in [0.3, 0.4) is 0 Å². The van der Waals surface area contributed by atoms with Gasteiger partial charge in [-0.25, -0.2) is 13.4 Å². The maximum absolute atomic E-state index is 12.5. The standard InChI is InChI=1S/C17H23ClN4O2S2/c1-3-13-6-4-5-9-22(13)12(2)15-8-7-14(10-16(15)18)26(23,24)21-17-19-11-20-25-17/h7-8,10-13H,3-6,9H2,1-2H3,(H,19,20,21)/t12-,13?/m0/s1. The molecule has 1 N–H and O–H groups in total. The zero-order valence-corrected chi connectivity index (χ0v) is 17.2. The van der Waals surface area contributed by atoms with Crippen molar-refractivity contribution in [3.05, 3.63) is 35.1 Å². The van der Waals surface area contributed by atoms with Crippen LogP contribution in [0, 0.1) is 0 Å². The van der Waals surface area contributed by atoms with Gasteiger partial charge in [0.05, 0.1) is 4.90 Å². The molecule has 1 saturated heterocycles. The van der Waals surface area contributed by atoms with Crippen LogP contribution in [0.4, 0.5) is 5.13 Å². The molecule has 1 fully saturated rings. The minimum absolute atomic E-state index is 0.124. The fourth-order valence-electron chi connectivity index (χ4n) is 3.56. The van der Waals surface area contributed by atoms with Gasteiger partial charge in [0.1, 0.15) is 6.33 Å². The summed E-state index contributed by atoms with van der Waals surface area (Å²) in [4.78, 5) is 6.46. The van der Waals surface area contributed by atoms with Crippen molar-refractivity contribution in [3.63, 3.8) is 0 Å². The second-order valence-corrected chi connectivity index (χ2v) is 9.38. The number of hydrogen-bond acceptors (Lipinski definition) is 6. The van der Waals surface area contributed by atoms with Crippen LogP contribution in [0.5, 0.6) is 0 Å². The quantitative estimate of drug-likeness (QED) is 0.761. The van der Waals surface area contributed by atoms with Gasteiger partial charge in [0, 0.05) is 28.6 Å². The number of rotatable bonds is 6. The molecule has 1 aromatic carbocycles. The Kier molecular flexibility index (Phi) is 6.17. The number of nitrogens with one attached hydrogen (secondary N) is 1. The predicted molar refractivity (Wildman–Crippen MR) is 105 cm³/mol. The molecule has 0 spiro atoms. The molecule has 1 aromatic heterocycles. The molecule has 0 amide bonds. The molecule has 0 radical (unpaired) electrons. The number of sulfonamides is 1. The summed E-state index contributed by atoms with van der Waals surface area (Å²) < 4.78 is 31.2. The van der Waals surface area contributed by atoms with Crippen LogP contribution in [0.2, 0.25) is 5.02 Å². The van der Waals surface area contributed by atoms with E-state index in [4.69, 9.17) is 11.6 Å². The van der Waals surface area contributed by atoms with E-state index in [2.05, 4.69) is 32.8 Å². The van der Waals surface area contributed by atoms with E-state index < -0.39 is 10.0 Å². The lowest BCUT2D eigenvalue weighted by atomic mass is 9.95. The van der Waals surface area contributed by atoms with Gasteiger partial charge in [0.2, 0.25) is 5.13 Å². The molecule has 0 aliphatic carbocycles. The Labute approximate surface area is 163 Å². The topological polar surface area (TPSA) is 75.2 Å². The van der Waals surface area contributed by atoms with E-state index in [1.54, 1.807) is 6.07 Å². The second kappa shape index (κ2) is 8.21. The Balaban J connectivity index is 1.83. The van der Waals surface area contributed by atoms with E-state index in [1.165, 1.54) is 31.7 Å². The second-order valence-electron chi connectivity index (χ2n) is 6.51. The van der Waals surface area contributed by atoms with E-state index in [0.29, 0.717) is 11.1 Å². The van der Waals surface area contributed by atoms with Crippen molar-refractivity contribution in [1.82, 2.24) is 14.3 Å². The van der Waals surface area contributed by atoms with Crippen molar-refractivity contribution < 1.29 is 8.42 Å². The van der Waals surface area contributed by atoms with E-state index >= 15 is 0 Å². The number of likely N-dealkylation sites (tertiary alicyclic amines) is 1. The van der Waals surface area contributed by atoms with Crippen molar-refractivity contribution in [2.45, 2.75) is 56.5 Å². The molecule has 1 aliphatic rings. The van der Waals surface area contributed by atoms with Gasteiger partial charge in [-0.05, 0) is 50.4 Å². The monoisotopic (exact) mass is 414 g/mol. The Hall–Kier alpha value is -1.22. The Bertz CT molecular complexity index is 842. The molecule has 142 valence electrons. The summed E-state index contributed by atoms with van der Waals surface area (Å²) in [6.45, 7) is 5.41. The van der Waals surface area contributed by atoms with Gasteiger partial charge in [0.25, 0.3) is 10.0 Å². The lowest BCUT2D eigenvalue weighted by Crippen LogP contribution is -2.40. The number of anilines is 1. The van der Waals surface area contributed by atoms with Gasteiger partial charge in [-0.1, -0.05) is 31.0 Å². The van der Waals surface area contributed by atoms with E-state index in [-0.39, 0.29) is 16.1 Å². The summed E-state index contributed by atoms with van der Waals surface area (Å²) >= 11 is 7.47. The first-order valence-corrected chi connectivity index (χ1v) is 11.4. The van der Waals surface area contributed by atoms with Crippen molar-refractivity contribution in [2.75, 3.05) is 11.3 Å². The molecule has 2 heterocycles. The highest BCUT2D eigenvalue weighted by Gasteiger charge is 2.28. The average molecular weight is 415 g/mol. The maximum Gasteiger partial charge on any atom is 0.263 e. The van der Waals surface area contributed by atoms with Gasteiger partial charge in [-0.3, -0.25) is 9.62 Å². The molecular weight excluding hydrogens is 392 g/mol. The highest BCUT2D eigenvalue weighted by Crippen LogP contribution is 2.34. The zero-order valence-electron chi connectivity index (χ0n) is 14.9. The van der Waals surface area contributed by atoms with E-state index in [0.717, 1.165) is 30.1 Å². The lowest BCUT2D eigenvalue weighted by Gasteiger charge is -2.40. The van der Waals surface area contributed by atoms with Crippen LogP contribution in [-0.2, 0) is 10.0 Å². The van der Waals surface area contributed by atoms with Crippen molar-refractivity contribution in [2.24, 2.45) is 0 Å². The summed E-state index contributed by atoms with van der Waals surface area (Å²) in [5, 5.41) is 0.704. The lowest BCUT2D eigenvalue weighted by molar-refractivity contribution is 0.100. The molecule has 2 aromatic rings. The molecule has 0 saturated carbocycles. The average Bonchev–Trinajstić information content (AvgIpc) is 3.13. The zero-order chi connectivity index (χ0) is 18.7. The fraction of sp³-hybridized carbons (Fsp3) is 0.529. The first-order valence-electron chi connectivity index (χ1n) is 8.77. The van der Waals surface area contributed by atoms with Gasteiger partial charge in [0.15, 0.2) is 0 Å². The van der Waals surface area contributed by atoms with E-state index in [9.17, 15) is 8.42 Å². The number of piperidine rings is 1. The molecule has 26 heavy (non-hydrogen) atoms. The molecule has 1 unspecified atom stereocenters. The number of aromatic nitrogens is 2. The Morgan fingerprint density at radius 2 is 2.23 bits per heavy atom. The van der Waals surface area contributed by atoms with Crippen LogP contribution in [0.15, 0.2) is 29.4 Å². The normalized spacial score (nSPS) is 20.0. The largest absolute Gasteiger partial charge is 0.294 e. The third-order valence-electron chi connectivity index (χ3n) is 4.96. The van der Waals surface area contributed by atoms with Gasteiger partial charge in [-0.15, -0.1) is 0 Å². The summed E-state index contributed by atoms with van der Waals surface area (Å²) in [6.07, 6.45) is 6.08. The minimum atomic E-state index is -3.73. The third kappa shape index (κ3) is 4.19. The molecule has 0 bridgehead atoms. The first-order chi connectivity index (χ1) is 12.4. The van der Waals surface area contributed by atoms with Crippen LogP contribution < -0.4 is 4.72 Å². The SMILES string of the molecule is CCC1CCCCN1[C@@H](C)c1ccc(S(=O)(=O)Nc2ncns2)cc1Cl. The van der Waals surface area contributed by atoms with E-state index in [1.807, 2.05) is 6.07 Å². The summed E-state index contributed by atoms with van der Waals surface area (Å²) in [5.41, 5.74) is 0.960. The van der Waals surface area contributed by atoms with Crippen molar-refractivity contribution in [1.29, 1.82) is 0 Å². The van der Waals surface area contributed by atoms with Gasteiger partial charge < -0.3 is 0 Å². The Morgan fingerprint density at radius 3 is 2.88 bits per heavy atom. The van der Waals surface area contributed by atoms with Crippen LogP contribution in [0.25, 0.3) is 0 Å². The molecule has 3 rings (SSSR count). The number of benzene rings is 1. The maximum atomic E-state index is 12.5. The number of halogens is 1. The Morgan fingerprint density at radius 1 is 1.42 bits per heavy atom. The minimum Gasteiger partial charge on any atom is -0.294 e. The predicted octanol–water partition coefficient (Wildman–Crippen LogP) is 4.32. The van der Waals surface area contributed by atoms with Crippen LogP contribution in [0.1, 0.15) is 51.1 Å². The highest BCUT2D eigenvalue weighted by atomic mass is 35.5. The van der Waals surface area contributed by atoms with Crippen LogP contribution in [-0.4, -0.2) is 35.3 Å². The van der Waals surface area contributed by atoms with Crippen molar-refractivity contribution >= 4 is 38.3 Å². The number of hydrogen-bond donors (Lipinski definition) is 1. The molecule has 6 nitrogen and oxygen atoms in total. The molecule has 1 aliphatic heterocycles. The van der Waals surface area contributed by atoms with Crippen LogP contribution >= 0.6 is 23.1 Å². The third-order valence-corrected chi connectivity index (χ3v) is 7.33. The van der Waals surface area contributed by atoms with Crippen molar-refractivity contribution in [3.8, 4) is 0 Å². The first kappa shape index (κ1) is 19.5.